The molecule has 0 saturated carbocycles. The Kier molecular flexibility index (Phi) is 2.88. The van der Waals surface area contributed by atoms with Gasteiger partial charge in [0.2, 0.25) is 5.01 Å². The number of halogens is 1. The molecule has 0 aliphatic rings. The molecule has 1 aromatic carbocycles. The Bertz CT molecular complexity index is 510. The number of carbonyl (C=O) groups is 1. The van der Waals surface area contributed by atoms with Gasteiger partial charge in [0.1, 0.15) is 5.82 Å². The summed E-state index contributed by atoms with van der Waals surface area (Å²) in [5, 5.41) is 0.168. The summed E-state index contributed by atoms with van der Waals surface area (Å²) in [5.74, 6) is 4.51. The lowest BCUT2D eigenvalue weighted by molar-refractivity contribution is 0.0953. The SMILES string of the molecule is NNC(=O)c1nc(-c2ccc(F)cc2)ns1. The number of hydrogen-bond donors (Lipinski definition) is 2. The summed E-state index contributed by atoms with van der Waals surface area (Å²) < 4.78 is 16.6. The van der Waals surface area contributed by atoms with E-state index in [-0.39, 0.29) is 10.8 Å². The van der Waals surface area contributed by atoms with Crippen molar-refractivity contribution in [3.63, 3.8) is 0 Å². The average Bonchev–Trinajstić information content (AvgIpc) is 2.78. The van der Waals surface area contributed by atoms with E-state index >= 15 is 0 Å². The number of nitrogen functional groups attached to an aromatic ring is 1. The van der Waals surface area contributed by atoms with Gasteiger partial charge in [-0.3, -0.25) is 10.2 Å². The molecule has 82 valence electrons. The van der Waals surface area contributed by atoms with Gasteiger partial charge in [0.15, 0.2) is 5.82 Å². The topological polar surface area (TPSA) is 80.9 Å². The number of aromatic nitrogens is 2. The maximum atomic E-state index is 12.7. The molecule has 0 unspecified atom stereocenters. The van der Waals surface area contributed by atoms with Gasteiger partial charge >= 0.3 is 0 Å². The van der Waals surface area contributed by atoms with Crippen molar-refractivity contribution in [1.29, 1.82) is 0 Å². The minimum atomic E-state index is -0.495. The lowest BCUT2D eigenvalue weighted by Gasteiger charge is -1.94. The van der Waals surface area contributed by atoms with E-state index in [1.54, 1.807) is 12.1 Å². The van der Waals surface area contributed by atoms with Crippen LogP contribution in [0.5, 0.6) is 0 Å². The molecule has 1 aromatic heterocycles. The van der Waals surface area contributed by atoms with E-state index in [0.29, 0.717) is 11.4 Å². The zero-order valence-corrected chi connectivity index (χ0v) is 8.79. The monoisotopic (exact) mass is 238 g/mol. The standard InChI is InChI=1S/C9H7FN4OS/c10-6-3-1-5(2-4-6)7-12-9(16-14-7)8(15)13-11/h1-4H,11H2,(H,13,15). The first kappa shape index (κ1) is 10.7. The summed E-state index contributed by atoms with van der Waals surface area (Å²) >= 11 is 0.934. The molecule has 0 atom stereocenters. The number of nitrogens with zero attached hydrogens (tertiary/aromatic N) is 2. The lowest BCUT2D eigenvalue weighted by atomic mass is 10.2. The van der Waals surface area contributed by atoms with E-state index in [1.807, 2.05) is 5.43 Å². The van der Waals surface area contributed by atoms with Gasteiger partial charge in [-0.2, -0.15) is 4.37 Å². The molecule has 0 bridgehead atoms. The van der Waals surface area contributed by atoms with E-state index in [0.717, 1.165) is 11.5 Å². The third kappa shape index (κ3) is 2.05. The van der Waals surface area contributed by atoms with Crippen molar-refractivity contribution >= 4 is 17.4 Å². The van der Waals surface area contributed by atoms with Crippen molar-refractivity contribution in [1.82, 2.24) is 14.8 Å². The molecule has 2 rings (SSSR count). The van der Waals surface area contributed by atoms with Crippen LogP contribution in [0.3, 0.4) is 0 Å². The summed E-state index contributed by atoms with van der Waals surface area (Å²) in [6.07, 6.45) is 0. The Morgan fingerprint density at radius 2 is 2.06 bits per heavy atom. The van der Waals surface area contributed by atoms with Gasteiger partial charge in [-0.05, 0) is 35.8 Å². The van der Waals surface area contributed by atoms with Gasteiger partial charge in [-0.25, -0.2) is 15.2 Å². The minimum Gasteiger partial charge on any atom is -0.288 e. The second-order valence-electron chi connectivity index (χ2n) is 2.90. The van der Waals surface area contributed by atoms with Crippen molar-refractivity contribution < 1.29 is 9.18 Å². The smallest absolute Gasteiger partial charge is 0.288 e. The quantitative estimate of drug-likeness (QED) is 0.463. The largest absolute Gasteiger partial charge is 0.295 e. The van der Waals surface area contributed by atoms with Gasteiger partial charge in [-0.15, -0.1) is 0 Å². The minimum absolute atomic E-state index is 0.168. The number of hydrazine groups is 1. The molecular formula is C9H7FN4OS. The molecule has 0 aliphatic carbocycles. The van der Waals surface area contributed by atoms with Crippen LogP contribution in [0.1, 0.15) is 9.80 Å². The number of hydrogen-bond acceptors (Lipinski definition) is 5. The molecule has 0 radical (unpaired) electrons. The maximum absolute atomic E-state index is 12.7. The summed E-state index contributed by atoms with van der Waals surface area (Å²) in [4.78, 5) is 15.1. The number of rotatable bonds is 2. The second-order valence-corrected chi connectivity index (χ2v) is 3.66. The van der Waals surface area contributed by atoms with Crippen LogP contribution in [-0.4, -0.2) is 15.3 Å². The molecular weight excluding hydrogens is 231 g/mol. The molecule has 1 heterocycles. The summed E-state index contributed by atoms with van der Waals surface area (Å²) in [7, 11) is 0. The van der Waals surface area contributed by atoms with Crippen LogP contribution in [0.4, 0.5) is 4.39 Å². The Hall–Kier alpha value is -1.86. The average molecular weight is 238 g/mol. The van der Waals surface area contributed by atoms with Gasteiger partial charge in [0.25, 0.3) is 5.91 Å². The number of amides is 1. The highest BCUT2D eigenvalue weighted by Crippen LogP contribution is 2.18. The molecule has 0 saturated heterocycles. The fraction of sp³-hybridized carbons (Fsp3) is 0. The van der Waals surface area contributed by atoms with E-state index in [2.05, 4.69) is 9.36 Å². The molecule has 7 heteroatoms. The first-order valence-corrected chi connectivity index (χ1v) is 5.08. The molecule has 0 spiro atoms. The second kappa shape index (κ2) is 4.33. The van der Waals surface area contributed by atoms with Gasteiger partial charge < -0.3 is 0 Å². The summed E-state index contributed by atoms with van der Waals surface area (Å²) in [5.41, 5.74) is 2.61. The van der Waals surface area contributed by atoms with Crippen molar-refractivity contribution in [3.8, 4) is 11.4 Å². The van der Waals surface area contributed by atoms with Crippen molar-refractivity contribution in [3.05, 3.63) is 35.1 Å². The van der Waals surface area contributed by atoms with Crippen LogP contribution < -0.4 is 11.3 Å². The number of nitrogens with one attached hydrogen (secondary N) is 1. The molecule has 3 N–H and O–H groups in total. The first-order valence-electron chi connectivity index (χ1n) is 4.31. The normalized spacial score (nSPS) is 10.1. The molecule has 0 fully saturated rings. The summed E-state index contributed by atoms with van der Waals surface area (Å²) in [6.45, 7) is 0. The van der Waals surface area contributed by atoms with Gasteiger partial charge in [-0.1, -0.05) is 0 Å². The van der Waals surface area contributed by atoms with Crippen molar-refractivity contribution in [2.24, 2.45) is 5.84 Å². The number of carbonyl (C=O) groups excluding carboxylic acids is 1. The third-order valence-electron chi connectivity index (χ3n) is 1.85. The molecule has 0 aliphatic heterocycles. The van der Waals surface area contributed by atoms with Crippen molar-refractivity contribution in [2.75, 3.05) is 0 Å². The fourth-order valence-corrected chi connectivity index (χ4v) is 1.68. The van der Waals surface area contributed by atoms with E-state index in [4.69, 9.17) is 5.84 Å². The zero-order valence-electron chi connectivity index (χ0n) is 7.98. The van der Waals surface area contributed by atoms with Crippen LogP contribution in [0.25, 0.3) is 11.4 Å². The molecule has 2 aromatic rings. The Morgan fingerprint density at radius 1 is 1.38 bits per heavy atom. The maximum Gasteiger partial charge on any atom is 0.295 e. The van der Waals surface area contributed by atoms with Crippen LogP contribution in [0.15, 0.2) is 24.3 Å². The first-order chi connectivity index (χ1) is 7.70. The van der Waals surface area contributed by atoms with E-state index < -0.39 is 5.91 Å². The van der Waals surface area contributed by atoms with Crippen LogP contribution in [0.2, 0.25) is 0 Å². The van der Waals surface area contributed by atoms with Crippen LogP contribution >= 0.6 is 11.5 Å². The zero-order chi connectivity index (χ0) is 11.5. The van der Waals surface area contributed by atoms with Gasteiger partial charge in [0, 0.05) is 5.56 Å². The highest BCUT2D eigenvalue weighted by atomic mass is 32.1. The van der Waals surface area contributed by atoms with Gasteiger partial charge in [0.05, 0.1) is 0 Å². The van der Waals surface area contributed by atoms with E-state index in [1.165, 1.54) is 12.1 Å². The predicted octanol–water partition coefficient (Wildman–Crippen LogP) is 0.948. The fourth-order valence-electron chi connectivity index (χ4n) is 1.09. The van der Waals surface area contributed by atoms with Crippen LogP contribution in [0, 0.1) is 5.82 Å². The van der Waals surface area contributed by atoms with Crippen molar-refractivity contribution in [2.45, 2.75) is 0 Å². The lowest BCUT2D eigenvalue weighted by Crippen LogP contribution is -2.29. The number of benzene rings is 1. The Morgan fingerprint density at radius 3 is 2.69 bits per heavy atom. The number of nitrogens with two attached hydrogens (primary N) is 1. The predicted molar refractivity (Wildman–Crippen MR) is 57.0 cm³/mol. The van der Waals surface area contributed by atoms with E-state index in [9.17, 15) is 9.18 Å². The Labute approximate surface area is 94.3 Å². The third-order valence-corrected chi connectivity index (χ3v) is 2.57. The molecule has 1 amide bonds. The summed E-state index contributed by atoms with van der Waals surface area (Å²) in [6, 6.07) is 5.70. The van der Waals surface area contributed by atoms with Crippen LogP contribution in [-0.2, 0) is 0 Å². The molecule has 16 heavy (non-hydrogen) atoms. The highest BCUT2D eigenvalue weighted by molar-refractivity contribution is 7.07. The highest BCUT2D eigenvalue weighted by Gasteiger charge is 2.12. The molecule has 5 nitrogen and oxygen atoms in total. The Balaban J connectivity index is 2.31.